The number of aliphatic hydroxyl groups excluding tert-OH is 1. The van der Waals surface area contributed by atoms with Crippen LogP contribution in [0.5, 0.6) is 0 Å². The van der Waals surface area contributed by atoms with E-state index >= 15 is 0 Å². The van der Waals surface area contributed by atoms with E-state index in [1.807, 2.05) is 48.5 Å². The molecular weight excluding hydrogens is 280 g/mol. The Morgan fingerprint density at radius 1 is 1.05 bits per heavy atom. The molecule has 2 aromatic rings. The van der Waals surface area contributed by atoms with Crippen molar-refractivity contribution >= 4 is 17.2 Å². The highest BCUT2D eigenvalue weighted by molar-refractivity contribution is 7.80. The molecule has 1 atom stereocenters. The lowest BCUT2D eigenvalue weighted by atomic mass is 10.0. The zero-order valence-corrected chi connectivity index (χ0v) is 12.7. The highest BCUT2D eigenvalue weighted by atomic mass is 32.1. The Hall–Kier alpha value is -1.75. The van der Waals surface area contributed by atoms with Gasteiger partial charge in [-0.1, -0.05) is 72.9 Å². The number of thiocarbonyl (C=S) groups is 1. The molecule has 0 bridgehead atoms. The third kappa shape index (κ3) is 4.36. The second-order valence-electron chi connectivity index (χ2n) is 4.90. The van der Waals surface area contributed by atoms with Gasteiger partial charge in [0.2, 0.25) is 0 Å². The van der Waals surface area contributed by atoms with Crippen molar-refractivity contribution in [2.24, 2.45) is 5.73 Å². The smallest absolute Gasteiger partial charge is 0.0948 e. The second-order valence-corrected chi connectivity index (χ2v) is 5.37. The number of nitrogens with two attached hydrogens (primary N) is 1. The van der Waals surface area contributed by atoms with Crippen LogP contribution in [0, 0.1) is 0 Å². The fraction of sp³-hybridized carbons (Fsp3) is 0.235. The van der Waals surface area contributed by atoms with Gasteiger partial charge in [-0.2, -0.15) is 0 Å². The molecule has 0 heterocycles. The molecule has 0 saturated heterocycles. The maximum atomic E-state index is 9.37. The highest BCUT2D eigenvalue weighted by Crippen LogP contribution is 2.23. The molecule has 0 aliphatic carbocycles. The first-order valence-electron chi connectivity index (χ1n) is 6.95. The van der Waals surface area contributed by atoms with Crippen LogP contribution in [-0.2, 0) is 6.54 Å². The number of rotatable bonds is 7. The zero-order valence-electron chi connectivity index (χ0n) is 11.9. The second kappa shape index (κ2) is 7.88. The maximum Gasteiger partial charge on any atom is 0.0948 e. The van der Waals surface area contributed by atoms with Crippen molar-refractivity contribution in [1.29, 1.82) is 0 Å². The molecule has 0 amide bonds. The summed E-state index contributed by atoms with van der Waals surface area (Å²) in [4.78, 5) is 2.53. The van der Waals surface area contributed by atoms with Crippen molar-refractivity contribution in [2.75, 3.05) is 13.2 Å². The minimum atomic E-state index is -0.173. The van der Waals surface area contributed by atoms with Crippen LogP contribution >= 0.6 is 12.2 Å². The first kappa shape index (κ1) is 15.6. The lowest BCUT2D eigenvalue weighted by Gasteiger charge is -2.31. The van der Waals surface area contributed by atoms with Gasteiger partial charge in [-0.15, -0.1) is 0 Å². The lowest BCUT2D eigenvalue weighted by molar-refractivity contribution is 0.172. The molecule has 2 rings (SSSR count). The highest BCUT2D eigenvalue weighted by Gasteiger charge is 2.22. The number of benzene rings is 2. The van der Waals surface area contributed by atoms with Gasteiger partial charge in [0.25, 0.3) is 0 Å². The van der Waals surface area contributed by atoms with Crippen LogP contribution in [0.25, 0.3) is 0 Å². The molecule has 0 saturated carbocycles. The minimum absolute atomic E-state index is 0.0682. The third-order valence-electron chi connectivity index (χ3n) is 3.37. The molecule has 0 aromatic heterocycles. The number of hydrogen-bond donors (Lipinski definition) is 2. The van der Waals surface area contributed by atoms with Crippen molar-refractivity contribution in [3.8, 4) is 0 Å². The van der Waals surface area contributed by atoms with Crippen LogP contribution in [0.1, 0.15) is 17.2 Å². The summed E-state index contributed by atoms with van der Waals surface area (Å²) in [5.74, 6) is 0. The Bertz CT molecular complexity index is 560. The zero-order chi connectivity index (χ0) is 15.1. The van der Waals surface area contributed by atoms with Crippen molar-refractivity contribution < 1.29 is 5.11 Å². The summed E-state index contributed by atoms with van der Waals surface area (Å²) in [7, 11) is 0. The Balaban J connectivity index is 2.27. The number of hydrogen-bond acceptors (Lipinski definition) is 3. The summed E-state index contributed by atoms with van der Waals surface area (Å²) < 4.78 is 0. The van der Waals surface area contributed by atoms with E-state index in [1.54, 1.807) is 0 Å². The van der Waals surface area contributed by atoms with E-state index < -0.39 is 0 Å². The van der Waals surface area contributed by atoms with Crippen molar-refractivity contribution in [1.82, 2.24) is 4.90 Å². The molecule has 0 spiro atoms. The molecule has 0 aliphatic heterocycles. The average molecular weight is 300 g/mol. The summed E-state index contributed by atoms with van der Waals surface area (Å²) in [6.45, 7) is 1.28. The van der Waals surface area contributed by atoms with Gasteiger partial charge in [0.05, 0.1) is 17.6 Å². The Kier molecular flexibility index (Phi) is 5.87. The molecular formula is C17H20N2OS. The van der Waals surface area contributed by atoms with Crippen molar-refractivity contribution in [2.45, 2.75) is 12.6 Å². The monoisotopic (exact) mass is 300 g/mol. The SMILES string of the molecule is NC(=S)C(c1ccccc1)N(CCO)Cc1ccccc1. The van der Waals surface area contributed by atoms with Gasteiger partial charge in [0.1, 0.15) is 0 Å². The van der Waals surface area contributed by atoms with Crippen LogP contribution in [0.3, 0.4) is 0 Å². The Morgan fingerprint density at radius 3 is 2.14 bits per heavy atom. The summed E-state index contributed by atoms with van der Waals surface area (Å²) in [5, 5.41) is 9.37. The quantitative estimate of drug-likeness (QED) is 0.772. The maximum absolute atomic E-state index is 9.37. The molecule has 3 N–H and O–H groups in total. The molecule has 110 valence electrons. The fourth-order valence-corrected chi connectivity index (χ4v) is 2.72. The molecule has 0 fully saturated rings. The summed E-state index contributed by atoms with van der Waals surface area (Å²) in [6, 6.07) is 19.9. The molecule has 0 radical (unpaired) electrons. The first-order valence-corrected chi connectivity index (χ1v) is 7.36. The van der Waals surface area contributed by atoms with Gasteiger partial charge >= 0.3 is 0 Å². The normalized spacial score (nSPS) is 12.3. The largest absolute Gasteiger partial charge is 0.395 e. The summed E-state index contributed by atoms with van der Waals surface area (Å²) in [5.41, 5.74) is 8.18. The van der Waals surface area contributed by atoms with Crippen LogP contribution in [0.2, 0.25) is 0 Å². The van der Waals surface area contributed by atoms with Crippen molar-refractivity contribution in [3.63, 3.8) is 0 Å². The summed E-state index contributed by atoms with van der Waals surface area (Å²) in [6.07, 6.45) is 0. The fourth-order valence-electron chi connectivity index (χ4n) is 2.44. The van der Waals surface area contributed by atoms with Gasteiger partial charge in [-0.25, -0.2) is 0 Å². The molecule has 0 aliphatic rings. The summed E-state index contributed by atoms with van der Waals surface area (Å²) >= 11 is 5.26. The minimum Gasteiger partial charge on any atom is -0.395 e. The Morgan fingerprint density at radius 2 is 1.62 bits per heavy atom. The van der Waals surface area contributed by atoms with E-state index in [0.717, 1.165) is 5.56 Å². The number of nitrogens with zero attached hydrogens (tertiary/aromatic N) is 1. The topological polar surface area (TPSA) is 49.5 Å². The molecule has 1 unspecified atom stereocenters. The predicted octanol–water partition coefficient (Wildman–Crippen LogP) is 2.51. The lowest BCUT2D eigenvalue weighted by Crippen LogP contribution is -2.38. The van der Waals surface area contributed by atoms with Crippen LogP contribution in [-0.4, -0.2) is 28.1 Å². The van der Waals surface area contributed by atoms with Crippen LogP contribution in [0.15, 0.2) is 60.7 Å². The van der Waals surface area contributed by atoms with Crippen molar-refractivity contribution in [3.05, 3.63) is 71.8 Å². The molecule has 3 nitrogen and oxygen atoms in total. The first-order chi connectivity index (χ1) is 10.2. The van der Waals surface area contributed by atoms with Gasteiger partial charge in [-0.05, 0) is 11.1 Å². The predicted molar refractivity (Wildman–Crippen MR) is 89.9 cm³/mol. The van der Waals surface area contributed by atoms with E-state index in [4.69, 9.17) is 18.0 Å². The van der Waals surface area contributed by atoms with E-state index in [1.165, 1.54) is 5.56 Å². The van der Waals surface area contributed by atoms with Crippen LogP contribution in [0.4, 0.5) is 0 Å². The number of aliphatic hydroxyl groups is 1. The van der Waals surface area contributed by atoms with Gasteiger partial charge in [0, 0.05) is 13.1 Å². The molecule has 4 heteroatoms. The van der Waals surface area contributed by atoms with E-state index in [-0.39, 0.29) is 12.6 Å². The third-order valence-corrected chi connectivity index (χ3v) is 3.59. The van der Waals surface area contributed by atoms with E-state index in [9.17, 15) is 5.11 Å². The standard InChI is InChI=1S/C17H20N2OS/c18-17(21)16(15-9-5-2-6-10-15)19(11-12-20)13-14-7-3-1-4-8-14/h1-10,16,20H,11-13H2,(H2,18,21). The van der Waals surface area contributed by atoms with E-state index in [2.05, 4.69) is 17.0 Å². The molecule has 21 heavy (non-hydrogen) atoms. The van der Waals surface area contributed by atoms with Gasteiger partial charge < -0.3 is 10.8 Å². The van der Waals surface area contributed by atoms with E-state index in [0.29, 0.717) is 18.1 Å². The average Bonchev–Trinajstić information content (AvgIpc) is 2.49. The van der Waals surface area contributed by atoms with Gasteiger partial charge in [-0.3, -0.25) is 4.90 Å². The molecule has 2 aromatic carbocycles. The van der Waals surface area contributed by atoms with Gasteiger partial charge in [0.15, 0.2) is 0 Å². The Labute approximate surface area is 131 Å². The van der Waals surface area contributed by atoms with Crippen LogP contribution < -0.4 is 5.73 Å².